The molecule has 1 aliphatic heterocycles. The van der Waals surface area contributed by atoms with Gasteiger partial charge in [0.25, 0.3) is 0 Å². The maximum atomic E-state index is 11.7. The Morgan fingerprint density at radius 1 is 1.62 bits per heavy atom. The molecule has 16 heavy (non-hydrogen) atoms. The second-order valence-electron chi connectivity index (χ2n) is 4.26. The maximum Gasteiger partial charge on any atom is 0.336 e. The van der Waals surface area contributed by atoms with Crippen LogP contribution >= 0.6 is 11.8 Å². The molecule has 2 atom stereocenters. The molecule has 0 unspecified atom stereocenters. The predicted molar refractivity (Wildman–Crippen MR) is 61.2 cm³/mol. The van der Waals surface area contributed by atoms with E-state index in [1.54, 1.807) is 0 Å². The molecule has 0 aliphatic carbocycles. The molecule has 1 saturated heterocycles. The molecule has 0 aromatic carbocycles. The van der Waals surface area contributed by atoms with Crippen molar-refractivity contribution in [2.24, 2.45) is 5.92 Å². The zero-order valence-corrected chi connectivity index (χ0v) is 10.5. The third kappa shape index (κ3) is 2.68. The highest BCUT2D eigenvalue weighted by molar-refractivity contribution is 8.01. The zero-order valence-electron chi connectivity index (χ0n) is 9.65. The molecule has 0 spiro atoms. The van der Waals surface area contributed by atoms with Gasteiger partial charge in [0, 0.05) is 5.75 Å². The van der Waals surface area contributed by atoms with Crippen LogP contribution in [0.1, 0.15) is 20.3 Å². The molecular formula is C10H17NO4S. The Balaban J connectivity index is 2.82. The molecule has 0 aromatic heterocycles. The third-order valence-corrected chi connectivity index (χ3v) is 3.86. The largest absolute Gasteiger partial charge is 0.480 e. The van der Waals surface area contributed by atoms with Gasteiger partial charge in [0.15, 0.2) is 4.87 Å². The van der Waals surface area contributed by atoms with E-state index in [-0.39, 0.29) is 5.92 Å². The van der Waals surface area contributed by atoms with Crippen LogP contribution in [0, 0.1) is 5.92 Å². The summed E-state index contributed by atoms with van der Waals surface area (Å²) in [5, 5.41) is 11.8. The Kier molecular flexibility index (Phi) is 4.21. The van der Waals surface area contributed by atoms with E-state index in [1.807, 2.05) is 13.8 Å². The Morgan fingerprint density at radius 2 is 2.25 bits per heavy atom. The average molecular weight is 247 g/mol. The summed E-state index contributed by atoms with van der Waals surface area (Å²) in [6.07, 6.45) is 0.564. The summed E-state index contributed by atoms with van der Waals surface area (Å²) in [6, 6.07) is -0.678. The molecule has 0 aromatic rings. The van der Waals surface area contributed by atoms with Gasteiger partial charge in [-0.3, -0.25) is 10.1 Å². The van der Waals surface area contributed by atoms with Gasteiger partial charge in [-0.05, 0) is 12.3 Å². The van der Waals surface area contributed by atoms with Gasteiger partial charge >= 0.3 is 11.9 Å². The zero-order chi connectivity index (χ0) is 12.3. The summed E-state index contributed by atoms with van der Waals surface area (Å²) in [5.41, 5.74) is 0. The van der Waals surface area contributed by atoms with Gasteiger partial charge in [-0.15, -0.1) is 11.8 Å². The molecule has 92 valence electrons. The lowest BCUT2D eigenvalue weighted by Gasteiger charge is -2.27. The van der Waals surface area contributed by atoms with Gasteiger partial charge in [-0.2, -0.15) is 0 Å². The number of nitrogens with one attached hydrogen (secondary N) is 1. The average Bonchev–Trinajstić information content (AvgIpc) is 2.61. The number of carboxylic acids is 1. The summed E-state index contributed by atoms with van der Waals surface area (Å²) in [7, 11) is 1.32. The van der Waals surface area contributed by atoms with Gasteiger partial charge in [0.2, 0.25) is 0 Å². The minimum Gasteiger partial charge on any atom is -0.480 e. The van der Waals surface area contributed by atoms with E-state index in [0.29, 0.717) is 12.2 Å². The summed E-state index contributed by atoms with van der Waals surface area (Å²) >= 11 is 1.32. The van der Waals surface area contributed by atoms with Crippen molar-refractivity contribution in [1.82, 2.24) is 5.32 Å². The highest BCUT2D eigenvalue weighted by atomic mass is 32.2. The van der Waals surface area contributed by atoms with E-state index in [2.05, 4.69) is 5.32 Å². The summed E-state index contributed by atoms with van der Waals surface area (Å²) in [6.45, 7) is 3.97. The third-order valence-electron chi connectivity index (χ3n) is 2.41. The van der Waals surface area contributed by atoms with E-state index < -0.39 is 22.9 Å². The van der Waals surface area contributed by atoms with Crippen molar-refractivity contribution in [1.29, 1.82) is 0 Å². The highest BCUT2D eigenvalue weighted by Gasteiger charge is 2.49. The minimum absolute atomic E-state index is 0.284. The molecule has 6 heteroatoms. The lowest BCUT2D eigenvalue weighted by atomic mass is 10.0. The monoisotopic (exact) mass is 247 g/mol. The first kappa shape index (κ1) is 13.3. The molecule has 0 amide bonds. The Hall–Kier alpha value is -0.750. The van der Waals surface area contributed by atoms with Crippen molar-refractivity contribution >= 4 is 23.7 Å². The van der Waals surface area contributed by atoms with E-state index in [4.69, 9.17) is 9.84 Å². The molecule has 5 nitrogen and oxygen atoms in total. The number of hydrogen-bond donors (Lipinski definition) is 2. The first-order valence-electron chi connectivity index (χ1n) is 5.14. The van der Waals surface area contributed by atoms with Crippen molar-refractivity contribution in [3.63, 3.8) is 0 Å². The number of rotatable bonds is 4. The Bertz CT molecular complexity index is 295. The Labute approximate surface area is 98.9 Å². The molecule has 1 fully saturated rings. The van der Waals surface area contributed by atoms with Crippen LogP contribution in [0.15, 0.2) is 0 Å². The second-order valence-corrected chi connectivity index (χ2v) is 5.58. The molecule has 0 saturated carbocycles. The quantitative estimate of drug-likeness (QED) is 0.712. The van der Waals surface area contributed by atoms with E-state index in [1.165, 1.54) is 18.9 Å². The van der Waals surface area contributed by atoms with Crippen LogP contribution in [0.3, 0.4) is 0 Å². The van der Waals surface area contributed by atoms with Crippen molar-refractivity contribution in [2.75, 3.05) is 12.9 Å². The molecule has 0 radical (unpaired) electrons. The number of carboxylic acid groups (broad SMARTS) is 1. The van der Waals surface area contributed by atoms with Crippen molar-refractivity contribution in [3.05, 3.63) is 0 Å². The van der Waals surface area contributed by atoms with Crippen LogP contribution in [-0.2, 0) is 14.3 Å². The van der Waals surface area contributed by atoms with Crippen molar-refractivity contribution < 1.29 is 19.4 Å². The second kappa shape index (κ2) is 5.05. The molecule has 1 rings (SSSR count). The summed E-state index contributed by atoms with van der Waals surface area (Å²) < 4.78 is 4.75. The number of ether oxygens (including phenoxy) is 1. The fraction of sp³-hybridized carbons (Fsp3) is 0.800. The number of thioether (sulfide) groups is 1. The van der Waals surface area contributed by atoms with Gasteiger partial charge in [0.1, 0.15) is 6.04 Å². The SMILES string of the molecule is COC(=O)[C@@]1(CC(C)C)N[C@H](C(=O)O)CS1. The summed E-state index contributed by atoms with van der Waals surface area (Å²) in [4.78, 5) is 21.7. The van der Waals surface area contributed by atoms with Crippen LogP contribution in [-0.4, -0.2) is 40.8 Å². The van der Waals surface area contributed by atoms with Gasteiger partial charge in [-0.1, -0.05) is 13.8 Å². The first-order valence-corrected chi connectivity index (χ1v) is 6.12. The number of carbonyl (C=O) groups is 2. The minimum atomic E-state index is -0.929. The molecule has 1 aliphatic rings. The van der Waals surface area contributed by atoms with Crippen LogP contribution in [0.4, 0.5) is 0 Å². The van der Waals surface area contributed by atoms with E-state index >= 15 is 0 Å². The number of methoxy groups -OCH3 is 1. The van der Waals surface area contributed by atoms with Gasteiger partial charge in [0.05, 0.1) is 7.11 Å². The fourth-order valence-electron chi connectivity index (χ4n) is 1.78. The van der Waals surface area contributed by atoms with Crippen molar-refractivity contribution in [2.45, 2.75) is 31.2 Å². The molecule has 0 bridgehead atoms. The lowest BCUT2D eigenvalue weighted by Crippen LogP contribution is -2.51. The maximum absolute atomic E-state index is 11.7. The van der Waals surface area contributed by atoms with E-state index in [0.717, 1.165) is 0 Å². The number of aliphatic carboxylic acids is 1. The van der Waals surface area contributed by atoms with Gasteiger partial charge in [-0.25, -0.2) is 4.79 Å². The molecule has 1 heterocycles. The number of carbonyl (C=O) groups excluding carboxylic acids is 1. The molecule has 2 N–H and O–H groups in total. The van der Waals surface area contributed by atoms with Crippen LogP contribution in [0.5, 0.6) is 0 Å². The van der Waals surface area contributed by atoms with Crippen LogP contribution < -0.4 is 5.32 Å². The molecular weight excluding hydrogens is 230 g/mol. The van der Waals surface area contributed by atoms with E-state index in [9.17, 15) is 9.59 Å². The predicted octanol–water partition coefficient (Wildman–Crippen LogP) is 0.691. The first-order chi connectivity index (χ1) is 7.41. The fourth-order valence-corrected chi connectivity index (χ4v) is 3.34. The van der Waals surface area contributed by atoms with Crippen LogP contribution in [0.25, 0.3) is 0 Å². The normalized spacial score (nSPS) is 29.4. The van der Waals surface area contributed by atoms with Crippen molar-refractivity contribution in [3.8, 4) is 0 Å². The standard InChI is InChI=1S/C10H17NO4S/c1-6(2)4-10(9(14)15-3)11-7(5-16-10)8(12)13/h6-7,11H,4-5H2,1-3H3,(H,12,13)/t7-,10-/m0/s1. The topological polar surface area (TPSA) is 75.6 Å². The number of esters is 1. The summed E-state index contributed by atoms with van der Waals surface area (Å²) in [5.74, 6) is -0.652. The smallest absolute Gasteiger partial charge is 0.336 e. The Morgan fingerprint density at radius 3 is 2.62 bits per heavy atom. The van der Waals surface area contributed by atoms with Gasteiger partial charge < -0.3 is 9.84 Å². The van der Waals surface area contributed by atoms with Crippen LogP contribution in [0.2, 0.25) is 0 Å². The highest BCUT2D eigenvalue weighted by Crippen LogP contribution is 2.37. The lowest BCUT2D eigenvalue weighted by molar-refractivity contribution is -0.146. The number of hydrogen-bond acceptors (Lipinski definition) is 5.